The van der Waals surface area contributed by atoms with Gasteiger partial charge in [-0.05, 0) is 36.5 Å². The number of rotatable bonds is 2. The number of hydrogen-bond donors (Lipinski definition) is 0. The molecule has 0 N–H and O–H groups in total. The number of furan rings is 1. The van der Waals surface area contributed by atoms with Crippen molar-refractivity contribution in [1.82, 2.24) is 9.80 Å². The molecule has 25 heavy (non-hydrogen) atoms. The van der Waals surface area contributed by atoms with E-state index in [0.717, 1.165) is 12.1 Å². The zero-order valence-corrected chi connectivity index (χ0v) is 14.1. The van der Waals surface area contributed by atoms with Crippen molar-refractivity contribution in [3.05, 3.63) is 53.4 Å². The van der Waals surface area contributed by atoms with Crippen LogP contribution >= 0.6 is 12.2 Å². The molecule has 2 aromatic rings. The fourth-order valence-corrected chi connectivity index (χ4v) is 2.64. The highest BCUT2D eigenvalue weighted by molar-refractivity contribution is 7.80. The van der Waals surface area contributed by atoms with Gasteiger partial charge in [0.25, 0.3) is 5.91 Å². The first kappa shape index (κ1) is 17.2. The normalized spacial score (nSPS) is 17.1. The number of hydrogen-bond acceptors (Lipinski definition) is 3. The molecule has 0 bridgehead atoms. The number of alkyl halides is 3. The van der Waals surface area contributed by atoms with Crippen molar-refractivity contribution in [3.63, 3.8) is 0 Å². The third-order valence-corrected chi connectivity index (χ3v) is 4.39. The Morgan fingerprint density at radius 2 is 1.84 bits per heavy atom. The van der Waals surface area contributed by atoms with Crippen molar-refractivity contribution < 1.29 is 22.4 Å². The molecule has 1 aliphatic heterocycles. The van der Waals surface area contributed by atoms with Gasteiger partial charge in [-0.15, -0.1) is 0 Å². The van der Waals surface area contributed by atoms with Crippen molar-refractivity contribution >= 4 is 29.3 Å². The van der Waals surface area contributed by atoms with Crippen LogP contribution in [0, 0.1) is 0 Å². The van der Waals surface area contributed by atoms with E-state index in [4.69, 9.17) is 16.6 Å². The molecule has 1 saturated heterocycles. The second-order valence-corrected chi connectivity index (χ2v) is 5.88. The molecule has 3 rings (SSSR count). The van der Waals surface area contributed by atoms with Crippen LogP contribution in [0.4, 0.5) is 13.2 Å². The number of halogens is 3. The number of amides is 1. The van der Waals surface area contributed by atoms with Crippen molar-refractivity contribution in [2.45, 2.75) is 6.18 Å². The van der Waals surface area contributed by atoms with Gasteiger partial charge >= 0.3 is 6.18 Å². The number of likely N-dealkylation sites (N-methyl/N-ethyl adjacent to an activating group) is 2. The number of benzene rings is 1. The topological polar surface area (TPSA) is 36.7 Å². The molecule has 4 nitrogen and oxygen atoms in total. The average Bonchev–Trinajstić information content (AvgIpc) is 3.11. The first-order valence-corrected chi connectivity index (χ1v) is 7.64. The minimum atomic E-state index is -4.42. The lowest BCUT2D eigenvalue weighted by atomic mass is 10.1. The molecule has 130 valence electrons. The van der Waals surface area contributed by atoms with Gasteiger partial charge in [0.15, 0.2) is 5.11 Å². The Bertz CT molecular complexity index is 886. The number of nitrogens with zero attached hydrogens (tertiary/aromatic N) is 2. The molecule has 1 amide bonds. The molecule has 1 aliphatic rings. The van der Waals surface area contributed by atoms with Gasteiger partial charge in [0.05, 0.1) is 5.56 Å². The first-order valence-electron chi connectivity index (χ1n) is 7.23. The van der Waals surface area contributed by atoms with E-state index < -0.39 is 11.7 Å². The van der Waals surface area contributed by atoms with Crippen molar-refractivity contribution in [2.75, 3.05) is 14.1 Å². The van der Waals surface area contributed by atoms with Crippen LogP contribution in [-0.2, 0) is 11.0 Å². The van der Waals surface area contributed by atoms with Crippen molar-refractivity contribution in [2.24, 2.45) is 0 Å². The predicted octanol–water partition coefficient (Wildman–Crippen LogP) is 4.00. The fourth-order valence-electron chi connectivity index (χ4n) is 2.46. The summed E-state index contributed by atoms with van der Waals surface area (Å²) in [6.07, 6.45) is -2.91. The Morgan fingerprint density at radius 3 is 2.44 bits per heavy atom. The molecule has 1 fully saturated rings. The van der Waals surface area contributed by atoms with Gasteiger partial charge in [-0.2, -0.15) is 13.2 Å². The third-order valence-electron chi connectivity index (χ3n) is 3.84. The number of carbonyl (C=O) groups is 1. The maximum absolute atomic E-state index is 12.8. The summed E-state index contributed by atoms with van der Waals surface area (Å²) in [6.45, 7) is 0. The predicted molar refractivity (Wildman–Crippen MR) is 90.3 cm³/mol. The molecule has 0 spiro atoms. The standard InChI is InChI=1S/C17H13F3N2O2S/c1-21-13(15(23)22(2)16(21)25)9-12-6-7-14(24-12)10-4-3-5-11(8-10)17(18,19)20/h3-9H,1-2H3/b13-9-. The lowest BCUT2D eigenvalue weighted by Gasteiger charge is -2.10. The van der Waals surface area contributed by atoms with Crippen LogP contribution in [0.1, 0.15) is 11.3 Å². The Kier molecular flexibility index (Phi) is 4.16. The van der Waals surface area contributed by atoms with E-state index in [2.05, 4.69) is 0 Å². The van der Waals surface area contributed by atoms with Crippen molar-refractivity contribution in [1.29, 1.82) is 0 Å². The van der Waals surface area contributed by atoms with E-state index >= 15 is 0 Å². The summed E-state index contributed by atoms with van der Waals surface area (Å²) in [7, 11) is 3.23. The summed E-state index contributed by atoms with van der Waals surface area (Å²) >= 11 is 5.12. The summed E-state index contributed by atoms with van der Waals surface area (Å²) in [4.78, 5) is 15.0. The minimum absolute atomic E-state index is 0.274. The van der Waals surface area contributed by atoms with Crippen LogP contribution in [0.3, 0.4) is 0 Å². The smallest absolute Gasteiger partial charge is 0.416 e. The van der Waals surface area contributed by atoms with Gasteiger partial charge < -0.3 is 9.32 Å². The highest BCUT2D eigenvalue weighted by atomic mass is 32.1. The van der Waals surface area contributed by atoms with Crippen molar-refractivity contribution in [3.8, 4) is 11.3 Å². The molecular weight excluding hydrogens is 353 g/mol. The Labute approximate surface area is 147 Å². The van der Waals surface area contributed by atoms with Crippen LogP contribution in [0.2, 0.25) is 0 Å². The molecule has 0 radical (unpaired) electrons. The zero-order chi connectivity index (χ0) is 18.4. The van der Waals surface area contributed by atoms with Crippen LogP contribution in [0.5, 0.6) is 0 Å². The molecule has 8 heteroatoms. The van der Waals surface area contributed by atoms with E-state index in [0.29, 0.717) is 22.1 Å². The number of thiocarbonyl (C=S) groups is 1. The second kappa shape index (κ2) is 6.03. The highest BCUT2D eigenvalue weighted by Crippen LogP contribution is 2.33. The maximum atomic E-state index is 12.8. The molecule has 0 saturated carbocycles. The van der Waals surface area contributed by atoms with Crippen LogP contribution in [-0.4, -0.2) is 34.9 Å². The van der Waals surface area contributed by atoms with E-state index in [9.17, 15) is 18.0 Å². The minimum Gasteiger partial charge on any atom is -0.457 e. The molecule has 0 aliphatic carbocycles. The van der Waals surface area contributed by atoms with E-state index in [-0.39, 0.29) is 11.7 Å². The molecule has 0 atom stereocenters. The molecule has 2 heterocycles. The van der Waals surface area contributed by atoms with Gasteiger partial charge in [0.2, 0.25) is 0 Å². The lowest BCUT2D eigenvalue weighted by molar-refractivity contribution is -0.137. The SMILES string of the molecule is CN1C(=O)/C(=C/c2ccc(-c3cccc(C(F)(F)F)c3)o2)N(C)C1=S. The zero-order valence-electron chi connectivity index (χ0n) is 13.3. The van der Waals surface area contributed by atoms with Crippen LogP contribution in [0.25, 0.3) is 17.4 Å². The summed E-state index contributed by atoms with van der Waals surface area (Å²) in [6, 6.07) is 8.01. The average molecular weight is 366 g/mol. The molecule has 0 unspecified atom stereocenters. The van der Waals surface area contributed by atoms with E-state index in [1.165, 1.54) is 23.1 Å². The quantitative estimate of drug-likeness (QED) is 0.595. The maximum Gasteiger partial charge on any atom is 0.416 e. The van der Waals surface area contributed by atoms with Crippen LogP contribution in [0.15, 0.2) is 46.5 Å². The monoisotopic (exact) mass is 366 g/mol. The summed E-state index contributed by atoms with van der Waals surface area (Å²) in [5, 5.41) is 0.362. The van der Waals surface area contributed by atoms with Gasteiger partial charge in [-0.1, -0.05) is 12.1 Å². The van der Waals surface area contributed by atoms with E-state index in [1.807, 2.05) is 0 Å². The van der Waals surface area contributed by atoms with Gasteiger partial charge in [0.1, 0.15) is 17.2 Å². The Balaban J connectivity index is 1.93. The fraction of sp³-hybridized carbons (Fsp3) is 0.176. The molecule has 1 aromatic heterocycles. The molecular formula is C17H13F3N2O2S. The van der Waals surface area contributed by atoms with Gasteiger partial charge in [0, 0.05) is 25.7 Å². The van der Waals surface area contributed by atoms with Gasteiger partial charge in [-0.3, -0.25) is 9.69 Å². The number of carbonyl (C=O) groups excluding carboxylic acids is 1. The highest BCUT2D eigenvalue weighted by Gasteiger charge is 2.33. The third kappa shape index (κ3) is 3.17. The Morgan fingerprint density at radius 1 is 1.12 bits per heavy atom. The van der Waals surface area contributed by atoms with Crippen LogP contribution < -0.4 is 0 Å². The summed E-state index contributed by atoms with van der Waals surface area (Å²) in [5.74, 6) is 0.354. The van der Waals surface area contributed by atoms with Gasteiger partial charge in [-0.25, -0.2) is 0 Å². The second-order valence-electron chi connectivity index (χ2n) is 5.52. The Hall–Kier alpha value is -2.61. The first-order chi connectivity index (χ1) is 11.7. The van der Waals surface area contributed by atoms with E-state index in [1.54, 1.807) is 31.1 Å². The summed E-state index contributed by atoms with van der Waals surface area (Å²) < 4.78 is 44.0. The lowest BCUT2D eigenvalue weighted by Crippen LogP contribution is -2.26. The molecule has 1 aromatic carbocycles. The summed E-state index contributed by atoms with van der Waals surface area (Å²) in [5.41, 5.74) is -0.116. The largest absolute Gasteiger partial charge is 0.457 e.